The van der Waals surface area contributed by atoms with Crippen LogP contribution in [0.5, 0.6) is 0 Å². The number of hydrogen-bond acceptors (Lipinski definition) is 4. The van der Waals surface area contributed by atoms with Crippen LogP contribution >= 0.6 is 11.6 Å². The Morgan fingerprint density at radius 1 is 0.900 bits per heavy atom. The molecule has 4 nitrogen and oxygen atoms in total. The zero-order chi connectivity index (χ0) is 13.8. The normalized spacial score (nSPS) is 16.4. The smallest absolute Gasteiger partial charge is 0.151 e. The Balaban J connectivity index is 1.55. The Labute approximate surface area is 124 Å². The zero-order valence-corrected chi connectivity index (χ0v) is 12.0. The first-order valence-electron chi connectivity index (χ1n) is 6.82. The maximum atomic E-state index is 5.76. The van der Waals surface area contributed by atoms with Crippen LogP contribution in [0.25, 0.3) is 0 Å². The molecular weight excluding hydrogens is 272 g/mol. The average Bonchev–Trinajstić information content (AvgIpc) is 2.50. The summed E-state index contributed by atoms with van der Waals surface area (Å²) < 4.78 is 0. The molecule has 0 saturated carbocycles. The van der Waals surface area contributed by atoms with E-state index in [1.807, 2.05) is 6.07 Å². The van der Waals surface area contributed by atoms with Gasteiger partial charge >= 0.3 is 0 Å². The van der Waals surface area contributed by atoms with Gasteiger partial charge < -0.3 is 4.90 Å². The maximum Gasteiger partial charge on any atom is 0.151 e. The van der Waals surface area contributed by atoms with Gasteiger partial charge in [-0.1, -0.05) is 41.9 Å². The zero-order valence-electron chi connectivity index (χ0n) is 11.2. The van der Waals surface area contributed by atoms with Crippen molar-refractivity contribution in [1.82, 2.24) is 15.1 Å². The molecule has 5 heteroatoms. The molecule has 104 valence electrons. The predicted octanol–water partition coefficient (Wildman–Crippen LogP) is 2.45. The van der Waals surface area contributed by atoms with E-state index < -0.39 is 0 Å². The summed E-state index contributed by atoms with van der Waals surface area (Å²) in [5.41, 5.74) is 1.37. The summed E-state index contributed by atoms with van der Waals surface area (Å²) in [6, 6.07) is 14.3. The largest absolute Gasteiger partial charge is 0.353 e. The Hall–Kier alpha value is -1.65. The third kappa shape index (κ3) is 3.26. The highest BCUT2D eigenvalue weighted by molar-refractivity contribution is 6.29. The van der Waals surface area contributed by atoms with Gasteiger partial charge in [-0.15, -0.1) is 10.2 Å². The van der Waals surface area contributed by atoms with Crippen LogP contribution < -0.4 is 4.90 Å². The van der Waals surface area contributed by atoms with E-state index >= 15 is 0 Å². The van der Waals surface area contributed by atoms with Crippen molar-refractivity contribution in [3.05, 3.63) is 53.2 Å². The Morgan fingerprint density at radius 2 is 1.65 bits per heavy atom. The fraction of sp³-hybridized carbons (Fsp3) is 0.333. The van der Waals surface area contributed by atoms with Crippen molar-refractivity contribution in [1.29, 1.82) is 0 Å². The molecule has 20 heavy (non-hydrogen) atoms. The van der Waals surface area contributed by atoms with E-state index in [-0.39, 0.29) is 0 Å². The minimum atomic E-state index is 0.441. The van der Waals surface area contributed by atoms with E-state index in [9.17, 15) is 0 Å². The Kier molecular flexibility index (Phi) is 4.14. The summed E-state index contributed by atoms with van der Waals surface area (Å²) in [5.74, 6) is 0.911. The monoisotopic (exact) mass is 288 g/mol. The van der Waals surface area contributed by atoms with Crippen LogP contribution in [0.2, 0.25) is 5.15 Å². The average molecular weight is 289 g/mol. The maximum absolute atomic E-state index is 5.76. The fourth-order valence-electron chi connectivity index (χ4n) is 2.45. The van der Waals surface area contributed by atoms with Crippen LogP contribution in [0.1, 0.15) is 5.56 Å². The number of benzene rings is 1. The third-order valence-corrected chi connectivity index (χ3v) is 3.76. The second-order valence-corrected chi connectivity index (χ2v) is 5.35. The van der Waals surface area contributed by atoms with Crippen LogP contribution in [0.15, 0.2) is 42.5 Å². The molecule has 0 spiro atoms. The summed E-state index contributed by atoms with van der Waals surface area (Å²) in [4.78, 5) is 4.72. The lowest BCUT2D eigenvalue weighted by molar-refractivity contribution is 0.249. The second-order valence-electron chi connectivity index (χ2n) is 4.96. The molecule has 1 aromatic heterocycles. The van der Waals surface area contributed by atoms with Crippen LogP contribution in [0.4, 0.5) is 5.82 Å². The van der Waals surface area contributed by atoms with Crippen molar-refractivity contribution in [2.24, 2.45) is 0 Å². The van der Waals surface area contributed by atoms with Gasteiger partial charge in [-0.25, -0.2) is 0 Å². The minimum Gasteiger partial charge on any atom is -0.353 e. The summed E-state index contributed by atoms with van der Waals surface area (Å²) in [6.45, 7) is 5.05. The van der Waals surface area contributed by atoms with E-state index in [2.05, 4.69) is 50.3 Å². The molecule has 1 fully saturated rings. The molecule has 0 atom stereocenters. The fourth-order valence-corrected chi connectivity index (χ4v) is 2.56. The molecule has 1 aliphatic heterocycles. The van der Waals surface area contributed by atoms with Gasteiger partial charge in [0.05, 0.1) is 0 Å². The Morgan fingerprint density at radius 3 is 2.30 bits per heavy atom. The molecule has 0 aliphatic carbocycles. The molecule has 3 rings (SSSR count). The summed E-state index contributed by atoms with van der Waals surface area (Å²) in [5, 5.41) is 8.48. The van der Waals surface area contributed by atoms with E-state index in [0.29, 0.717) is 5.15 Å². The standard InChI is InChI=1S/C15H17ClN4/c16-14-6-7-15(18-17-14)20-10-8-19(9-11-20)12-13-4-2-1-3-5-13/h1-7H,8-12H2. The molecule has 1 saturated heterocycles. The van der Waals surface area contributed by atoms with E-state index in [4.69, 9.17) is 11.6 Å². The van der Waals surface area contributed by atoms with Crippen molar-refractivity contribution < 1.29 is 0 Å². The number of aromatic nitrogens is 2. The third-order valence-electron chi connectivity index (χ3n) is 3.56. The first-order valence-corrected chi connectivity index (χ1v) is 7.19. The van der Waals surface area contributed by atoms with Crippen molar-refractivity contribution in [2.45, 2.75) is 6.54 Å². The second kappa shape index (κ2) is 6.20. The molecule has 0 unspecified atom stereocenters. The molecule has 1 aromatic carbocycles. The van der Waals surface area contributed by atoms with Gasteiger partial charge in [0.1, 0.15) is 0 Å². The molecule has 0 bridgehead atoms. The highest BCUT2D eigenvalue weighted by atomic mass is 35.5. The number of halogens is 1. The number of anilines is 1. The predicted molar refractivity (Wildman–Crippen MR) is 81.0 cm³/mol. The molecule has 2 heterocycles. The van der Waals surface area contributed by atoms with Crippen LogP contribution in [0.3, 0.4) is 0 Å². The number of rotatable bonds is 3. The first-order chi connectivity index (χ1) is 9.81. The van der Waals surface area contributed by atoms with Gasteiger partial charge in [-0.2, -0.15) is 0 Å². The van der Waals surface area contributed by atoms with Crippen LogP contribution in [-0.2, 0) is 6.54 Å². The number of piperazine rings is 1. The molecular formula is C15H17ClN4. The van der Waals surface area contributed by atoms with E-state index in [0.717, 1.165) is 38.5 Å². The SMILES string of the molecule is Clc1ccc(N2CCN(Cc3ccccc3)CC2)nn1. The lowest BCUT2D eigenvalue weighted by atomic mass is 10.2. The molecule has 0 N–H and O–H groups in total. The van der Waals surface area contributed by atoms with Crippen molar-refractivity contribution in [3.63, 3.8) is 0 Å². The Bertz CT molecular complexity index is 536. The molecule has 0 radical (unpaired) electrons. The first kappa shape index (κ1) is 13.3. The van der Waals surface area contributed by atoms with Crippen molar-refractivity contribution >= 4 is 17.4 Å². The quantitative estimate of drug-likeness (QED) is 0.868. The van der Waals surface area contributed by atoms with E-state index in [1.54, 1.807) is 6.07 Å². The van der Waals surface area contributed by atoms with Gasteiger partial charge in [0.2, 0.25) is 0 Å². The minimum absolute atomic E-state index is 0.441. The van der Waals surface area contributed by atoms with Gasteiger partial charge in [0.25, 0.3) is 0 Å². The van der Waals surface area contributed by atoms with Gasteiger partial charge in [-0.3, -0.25) is 4.90 Å². The summed E-state index contributed by atoms with van der Waals surface area (Å²) in [7, 11) is 0. The lowest BCUT2D eigenvalue weighted by Crippen LogP contribution is -2.46. The molecule has 2 aromatic rings. The number of hydrogen-bond donors (Lipinski definition) is 0. The highest BCUT2D eigenvalue weighted by Gasteiger charge is 2.18. The van der Waals surface area contributed by atoms with Gasteiger partial charge in [0.15, 0.2) is 11.0 Å². The van der Waals surface area contributed by atoms with E-state index in [1.165, 1.54) is 5.56 Å². The van der Waals surface area contributed by atoms with Crippen molar-refractivity contribution in [3.8, 4) is 0 Å². The lowest BCUT2D eigenvalue weighted by Gasteiger charge is -2.35. The summed E-state index contributed by atoms with van der Waals surface area (Å²) >= 11 is 5.76. The van der Waals surface area contributed by atoms with Crippen LogP contribution in [-0.4, -0.2) is 41.3 Å². The van der Waals surface area contributed by atoms with Gasteiger partial charge in [-0.05, 0) is 17.7 Å². The number of nitrogens with zero attached hydrogens (tertiary/aromatic N) is 4. The van der Waals surface area contributed by atoms with Crippen LogP contribution in [0, 0.1) is 0 Å². The topological polar surface area (TPSA) is 32.3 Å². The molecule has 1 aliphatic rings. The highest BCUT2D eigenvalue weighted by Crippen LogP contribution is 2.15. The molecule has 0 amide bonds. The summed E-state index contributed by atoms with van der Waals surface area (Å²) in [6.07, 6.45) is 0. The van der Waals surface area contributed by atoms with Gasteiger partial charge in [0, 0.05) is 32.7 Å². The van der Waals surface area contributed by atoms with Crippen molar-refractivity contribution in [2.75, 3.05) is 31.1 Å².